The van der Waals surface area contributed by atoms with Crippen LogP contribution < -0.4 is 10.5 Å². The van der Waals surface area contributed by atoms with E-state index in [2.05, 4.69) is 32.7 Å². The predicted molar refractivity (Wildman–Crippen MR) is 82.1 cm³/mol. The van der Waals surface area contributed by atoms with Gasteiger partial charge in [0.05, 0.1) is 5.39 Å². The van der Waals surface area contributed by atoms with Gasteiger partial charge in [-0.05, 0) is 34.7 Å². The summed E-state index contributed by atoms with van der Waals surface area (Å²) in [6, 6.07) is 6.00. The van der Waals surface area contributed by atoms with Gasteiger partial charge < -0.3 is 10.5 Å². The lowest BCUT2D eigenvalue weighted by molar-refractivity contribution is 0.446. The topological polar surface area (TPSA) is 66.0 Å². The summed E-state index contributed by atoms with van der Waals surface area (Å²) in [4.78, 5) is 4.24. The Kier molecular flexibility index (Phi) is 3.20. The number of nitrogens with two attached hydrogens (primary N) is 1. The number of aryl methyl sites for hydroxylation is 1. The number of rotatable bonds is 2. The molecule has 1 aromatic carbocycles. The minimum Gasteiger partial charge on any atom is -0.453 e. The number of nitrogen functional groups attached to an aromatic ring is 1. The maximum atomic E-state index is 13.8. The summed E-state index contributed by atoms with van der Waals surface area (Å²) < 4.78 is 21.8. The molecular formula is C13H10FIN4O. The molecule has 0 saturated carbocycles. The van der Waals surface area contributed by atoms with Gasteiger partial charge in [0, 0.05) is 31.1 Å². The quantitative estimate of drug-likeness (QED) is 0.545. The van der Waals surface area contributed by atoms with Gasteiger partial charge in [-0.1, -0.05) is 0 Å². The van der Waals surface area contributed by atoms with Crippen molar-refractivity contribution in [3.63, 3.8) is 0 Å². The van der Waals surface area contributed by atoms with Crippen molar-refractivity contribution in [2.24, 2.45) is 7.05 Å². The predicted octanol–water partition coefficient (Wildman–Crippen LogP) is 3.09. The first-order chi connectivity index (χ1) is 9.56. The Bertz CT molecular complexity index is 802. The van der Waals surface area contributed by atoms with E-state index >= 15 is 0 Å². The fourth-order valence-corrected chi connectivity index (χ4v) is 2.74. The molecule has 2 heterocycles. The highest BCUT2D eigenvalue weighted by Crippen LogP contribution is 2.33. The number of halogens is 2. The molecule has 2 aromatic heterocycles. The Labute approximate surface area is 127 Å². The average Bonchev–Trinajstić information content (AvgIpc) is 2.69. The maximum absolute atomic E-state index is 13.8. The van der Waals surface area contributed by atoms with Crippen molar-refractivity contribution in [1.29, 1.82) is 0 Å². The molecule has 3 rings (SSSR count). The fraction of sp³-hybridized carbons (Fsp3) is 0.0769. The molecule has 2 N–H and O–H groups in total. The molecule has 0 fully saturated rings. The number of hydrogen-bond acceptors (Lipinski definition) is 4. The molecule has 0 radical (unpaired) electrons. The standard InChI is InChI=1S/C13H10FIN4O/c1-19-13-11(12(15)18-19)10(4-5-17-13)20-9-3-2-7(16)6-8(9)14/h2-6H,16H2,1H3. The van der Waals surface area contributed by atoms with Gasteiger partial charge in [-0.2, -0.15) is 5.10 Å². The largest absolute Gasteiger partial charge is 0.453 e. The molecule has 0 saturated heterocycles. The zero-order chi connectivity index (χ0) is 14.3. The van der Waals surface area contributed by atoms with E-state index in [1.807, 2.05) is 0 Å². The summed E-state index contributed by atoms with van der Waals surface area (Å²) in [6.45, 7) is 0. The van der Waals surface area contributed by atoms with E-state index in [0.717, 1.165) is 9.09 Å². The minimum absolute atomic E-state index is 0.117. The van der Waals surface area contributed by atoms with E-state index < -0.39 is 5.82 Å². The van der Waals surface area contributed by atoms with E-state index in [1.54, 1.807) is 30.1 Å². The Morgan fingerprint density at radius 2 is 2.10 bits per heavy atom. The van der Waals surface area contributed by atoms with Crippen LogP contribution in [0.15, 0.2) is 30.5 Å². The third-order valence-corrected chi connectivity index (χ3v) is 3.57. The lowest BCUT2D eigenvalue weighted by Crippen LogP contribution is -1.94. The second-order valence-corrected chi connectivity index (χ2v) is 5.24. The Balaban J connectivity index is 2.11. The van der Waals surface area contributed by atoms with Crippen LogP contribution in [0.2, 0.25) is 0 Å². The number of ether oxygens (including phenoxy) is 1. The van der Waals surface area contributed by atoms with Crippen molar-refractivity contribution in [1.82, 2.24) is 14.8 Å². The van der Waals surface area contributed by atoms with Gasteiger partial charge in [0.1, 0.15) is 9.45 Å². The lowest BCUT2D eigenvalue weighted by atomic mass is 10.3. The summed E-state index contributed by atoms with van der Waals surface area (Å²) in [5, 5.41) is 5.03. The van der Waals surface area contributed by atoms with Gasteiger partial charge in [0.25, 0.3) is 0 Å². The van der Waals surface area contributed by atoms with Crippen LogP contribution in [0.1, 0.15) is 0 Å². The molecular weight excluding hydrogens is 374 g/mol. The van der Waals surface area contributed by atoms with Crippen molar-refractivity contribution < 1.29 is 9.13 Å². The van der Waals surface area contributed by atoms with Gasteiger partial charge in [0.15, 0.2) is 17.2 Å². The summed E-state index contributed by atoms with van der Waals surface area (Å²) in [7, 11) is 1.80. The highest BCUT2D eigenvalue weighted by atomic mass is 127. The second-order valence-electron chi connectivity index (χ2n) is 4.21. The van der Waals surface area contributed by atoms with Crippen LogP contribution in [0.4, 0.5) is 10.1 Å². The molecule has 0 unspecified atom stereocenters. The van der Waals surface area contributed by atoms with Crippen LogP contribution >= 0.6 is 22.6 Å². The smallest absolute Gasteiger partial charge is 0.167 e. The maximum Gasteiger partial charge on any atom is 0.167 e. The fourth-order valence-electron chi connectivity index (χ4n) is 1.91. The molecule has 20 heavy (non-hydrogen) atoms. The molecule has 0 amide bonds. The van der Waals surface area contributed by atoms with E-state index in [9.17, 15) is 4.39 Å². The number of benzene rings is 1. The third-order valence-electron chi connectivity index (χ3n) is 2.82. The number of anilines is 1. The molecule has 0 atom stereocenters. The lowest BCUT2D eigenvalue weighted by Gasteiger charge is -2.08. The zero-order valence-corrected chi connectivity index (χ0v) is 12.6. The van der Waals surface area contributed by atoms with Crippen LogP contribution in [0.3, 0.4) is 0 Å². The molecule has 0 bridgehead atoms. The van der Waals surface area contributed by atoms with Crippen LogP contribution in [0, 0.1) is 9.52 Å². The number of aromatic nitrogens is 3. The van der Waals surface area contributed by atoms with E-state index in [1.165, 1.54) is 12.1 Å². The van der Waals surface area contributed by atoms with Gasteiger partial charge in [0.2, 0.25) is 0 Å². The molecule has 0 aliphatic heterocycles. The highest BCUT2D eigenvalue weighted by molar-refractivity contribution is 14.1. The van der Waals surface area contributed by atoms with Gasteiger partial charge in [-0.25, -0.2) is 14.1 Å². The van der Waals surface area contributed by atoms with Crippen molar-refractivity contribution in [3.05, 3.63) is 40.0 Å². The van der Waals surface area contributed by atoms with Gasteiger partial charge >= 0.3 is 0 Å². The number of fused-ring (bicyclic) bond motifs is 1. The number of nitrogens with zero attached hydrogens (tertiary/aromatic N) is 3. The molecule has 0 aliphatic rings. The van der Waals surface area contributed by atoms with E-state index in [4.69, 9.17) is 10.5 Å². The highest BCUT2D eigenvalue weighted by Gasteiger charge is 2.14. The summed E-state index contributed by atoms with van der Waals surface area (Å²) >= 11 is 2.10. The van der Waals surface area contributed by atoms with Crippen molar-refractivity contribution >= 4 is 39.3 Å². The monoisotopic (exact) mass is 384 g/mol. The van der Waals surface area contributed by atoms with E-state index in [0.29, 0.717) is 17.1 Å². The van der Waals surface area contributed by atoms with Crippen LogP contribution in [0.5, 0.6) is 11.5 Å². The average molecular weight is 384 g/mol. The normalized spacial score (nSPS) is 10.9. The van der Waals surface area contributed by atoms with Gasteiger partial charge in [-0.15, -0.1) is 0 Å². The number of hydrogen-bond donors (Lipinski definition) is 1. The van der Waals surface area contributed by atoms with Gasteiger partial charge in [-0.3, -0.25) is 0 Å². The van der Waals surface area contributed by atoms with E-state index in [-0.39, 0.29) is 5.75 Å². The van der Waals surface area contributed by atoms with Crippen LogP contribution in [-0.2, 0) is 7.05 Å². The zero-order valence-electron chi connectivity index (χ0n) is 10.5. The number of pyridine rings is 1. The first-order valence-corrected chi connectivity index (χ1v) is 6.84. The minimum atomic E-state index is -0.506. The van der Waals surface area contributed by atoms with Crippen molar-refractivity contribution in [3.8, 4) is 11.5 Å². The second kappa shape index (κ2) is 4.89. The molecule has 0 aliphatic carbocycles. The Hall–Kier alpha value is -1.90. The third kappa shape index (κ3) is 2.17. The molecule has 0 spiro atoms. The van der Waals surface area contributed by atoms with Crippen LogP contribution in [0.25, 0.3) is 11.0 Å². The molecule has 7 heteroatoms. The summed E-state index contributed by atoms with van der Waals surface area (Å²) in [5.41, 5.74) is 6.55. The Morgan fingerprint density at radius 3 is 2.85 bits per heavy atom. The molecule has 3 aromatic rings. The first kappa shape index (κ1) is 13.1. The summed E-state index contributed by atoms with van der Waals surface area (Å²) in [6.07, 6.45) is 1.60. The first-order valence-electron chi connectivity index (χ1n) is 5.76. The van der Waals surface area contributed by atoms with Crippen LogP contribution in [-0.4, -0.2) is 14.8 Å². The SMILES string of the molecule is Cn1nc(I)c2c(Oc3ccc(N)cc3F)ccnc21. The van der Waals surface area contributed by atoms with Crippen molar-refractivity contribution in [2.45, 2.75) is 0 Å². The summed E-state index contributed by atoms with van der Waals surface area (Å²) in [5.74, 6) is 0.122. The van der Waals surface area contributed by atoms with Crippen molar-refractivity contribution in [2.75, 3.05) is 5.73 Å². The molecule has 5 nitrogen and oxygen atoms in total. The molecule has 102 valence electrons. The Morgan fingerprint density at radius 1 is 1.30 bits per heavy atom.